The highest BCUT2D eigenvalue weighted by atomic mass is 79.9. The third-order valence-corrected chi connectivity index (χ3v) is 5.71. The van der Waals surface area contributed by atoms with E-state index in [0.717, 1.165) is 15.6 Å². The SMILES string of the molecule is COc1cc(OC)c2c(c1)OC(c1ccccc1)(c1ccccc1Br)CC2=O. The lowest BCUT2D eigenvalue weighted by atomic mass is 9.78. The summed E-state index contributed by atoms with van der Waals surface area (Å²) in [5, 5.41) is 0. The molecule has 1 aliphatic heterocycles. The number of fused-ring (bicyclic) bond motifs is 1. The molecule has 0 aromatic heterocycles. The monoisotopic (exact) mass is 438 g/mol. The maximum absolute atomic E-state index is 13.3. The molecule has 3 aromatic rings. The van der Waals surface area contributed by atoms with Crippen LogP contribution in [0.3, 0.4) is 0 Å². The Morgan fingerprint density at radius 1 is 0.964 bits per heavy atom. The third-order valence-electron chi connectivity index (χ3n) is 5.02. The molecule has 3 aromatic carbocycles. The summed E-state index contributed by atoms with van der Waals surface area (Å²) in [6.45, 7) is 0. The van der Waals surface area contributed by atoms with Gasteiger partial charge in [0.25, 0.3) is 0 Å². The Hall–Kier alpha value is -2.79. The minimum Gasteiger partial charge on any atom is -0.496 e. The summed E-state index contributed by atoms with van der Waals surface area (Å²) >= 11 is 3.64. The number of methoxy groups -OCH3 is 2. The van der Waals surface area contributed by atoms with Crippen LogP contribution in [0.15, 0.2) is 71.2 Å². The van der Waals surface area contributed by atoms with Crippen LogP contribution in [-0.4, -0.2) is 20.0 Å². The fraction of sp³-hybridized carbons (Fsp3) is 0.174. The molecule has 1 unspecified atom stereocenters. The molecule has 0 fully saturated rings. The van der Waals surface area contributed by atoms with E-state index in [2.05, 4.69) is 15.9 Å². The van der Waals surface area contributed by atoms with E-state index in [1.807, 2.05) is 54.6 Å². The van der Waals surface area contributed by atoms with Crippen LogP contribution in [0.25, 0.3) is 0 Å². The van der Waals surface area contributed by atoms with Gasteiger partial charge in [-0.3, -0.25) is 4.79 Å². The van der Waals surface area contributed by atoms with Crippen molar-refractivity contribution >= 4 is 21.7 Å². The standard InChI is InChI=1S/C23H19BrO4/c1-26-16-12-20(27-2)22-19(25)14-23(28-21(22)13-16,15-8-4-3-5-9-15)17-10-6-7-11-18(17)24/h3-13H,14H2,1-2H3. The number of ketones is 1. The van der Waals surface area contributed by atoms with Crippen molar-refractivity contribution in [1.29, 1.82) is 0 Å². The zero-order valence-electron chi connectivity index (χ0n) is 15.6. The number of ether oxygens (including phenoxy) is 3. The summed E-state index contributed by atoms with van der Waals surface area (Å²) in [6.07, 6.45) is 0.162. The van der Waals surface area contributed by atoms with E-state index < -0.39 is 5.60 Å². The van der Waals surface area contributed by atoms with E-state index in [1.165, 1.54) is 7.11 Å². The van der Waals surface area contributed by atoms with Crippen molar-refractivity contribution < 1.29 is 19.0 Å². The second-order valence-corrected chi connectivity index (χ2v) is 7.43. The van der Waals surface area contributed by atoms with Gasteiger partial charge in [0.1, 0.15) is 22.8 Å². The molecule has 0 saturated carbocycles. The normalized spacial score (nSPS) is 18.2. The van der Waals surface area contributed by atoms with Gasteiger partial charge in [0.2, 0.25) is 0 Å². The van der Waals surface area contributed by atoms with Crippen molar-refractivity contribution in [2.24, 2.45) is 0 Å². The van der Waals surface area contributed by atoms with Crippen LogP contribution in [0, 0.1) is 0 Å². The molecule has 0 amide bonds. The van der Waals surface area contributed by atoms with Crippen LogP contribution in [0.2, 0.25) is 0 Å². The van der Waals surface area contributed by atoms with E-state index in [4.69, 9.17) is 14.2 Å². The molecule has 0 radical (unpaired) electrons. The van der Waals surface area contributed by atoms with Crippen molar-refractivity contribution in [2.45, 2.75) is 12.0 Å². The molecule has 4 rings (SSSR count). The van der Waals surface area contributed by atoms with Gasteiger partial charge < -0.3 is 14.2 Å². The molecule has 4 nitrogen and oxygen atoms in total. The quantitative estimate of drug-likeness (QED) is 0.548. The van der Waals surface area contributed by atoms with E-state index in [0.29, 0.717) is 22.8 Å². The average Bonchev–Trinajstić information content (AvgIpc) is 2.73. The Morgan fingerprint density at radius 2 is 1.68 bits per heavy atom. The Labute approximate surface area is 172 Å². The first-order valence-electron chi connectivity index (χ1n) is 8.88. The molecule has 5 heteroatoms. The van der Waals surface area contributed by atoms with E-state index >= 15 is 0 Å². The number of carbonyl (C=O) groups excluding carboxylic acids is 1. The van der Waals surface area contributed by atoms with Crippen molar-refractivity contribution in [3.05, 3.63) is 87.9 Å². The molecular weight excluding hydrogens is 420 g/mol. The zero-order valence-corrected chi connectivity index (χ0v) is 17.2. The highest BCUT2D eigenvalue weighted by molar-refractivity contribution is 9.10. The minimum atomic E-state index is -0.956. The average molecular weight is 439 g/mol. The first kappa shape index (κ1) is 18.6. The van der Waals surface area contributed by atoms with Crippen LogP contribution in [-0.2, 0) is 5.60 Å². The number of halogens is 1. The first-order valence-corrected chi connectivity index (χ1v) is 9.67. The zero-order chi connectivity index (χ0) is 19.7. The second kappa shape index (κ2) is 7.32. The molecule has 28 heavy (non-hydrogen) atoms. The van der Waals surface area contributed by atoms with Gasteiger partial charge in [-0.25, -0.2) is 0 Å². The van der Waals surface area contributed by atoms with Gasteiger partial charge in [0.05, 0.1) is 20.6 Å². The molecule has 0 N–H and O–H groups in total. The van der Waals surface area contributed by atoms with Gasteiger partial charge in [-0.2, -0.15) is 0 Å². The second-order valence-electron chi connectivity index (χ2n) is 6.58. The predicted octanol–water partition coefficient (Wildman–Crippen LogP) is 5.38. The lowest BCUT2D eigenvalue weighted by Gasteiger charge is -2.39. The highest BCUT2D eigenvalue weighted by Crippen LogP contribution is 2.49. The summed E-state index contributed by atoms with van der Waals surface area (Å²) in [5.74, 6) is 1.43. The molecular formula is C23H19BrO4. The number of benzene rings is 3. The molecule has 0 bridgehead atoms. The predicted molar refractivity (Wildman–Crippen MR) is 110 cm³/mol. The summed E-state index contributed by atoms with van der Waals surface area (Å²) in [5.41, 5.74) is 1.29. The smallest absolute Gasteiger partial charge is 0.175 e. The van der Waals surface area contributed by atoms with Gasteiger partial charge >= 0.3 is 0 Å². The Balaban J connectivity index is 1.98. The largest absolute Gasteiger partial charge is 0.496 e. The lowest BCUT2D eigenvalue weighted by Crippen LogP contribution is -2.41. The Kier molecular flexibility index (Phi) is 4.85. The number of hydrogen-bond donors (Lipinski definition) is 0. The molecule has 142 valence electrons. The molecule has 1 atom stereocenters. The molecule has 1 aliphatic rings. The molecule has 0 aliphatic carbocycles. The Morgan fingerprint density at radius 3 is 2.36 bits per heavy atom. The number of Topliss-reactive ketones (excluding diaryl/α,β-unsaturated/α-hetero) is 1. The van der Waals surface area contributed by atoms with Gasteiger partial charge in [-0.05, 0) is 6.07 Å². The van der Waals surface area contributed by atoms with Crippen molar-refractivity contribution in [3.63, 3.8) is 0 Å². The number of carbonyl (C=O) groups is 1. The van der Waals surface area contributed by atoms with Crippen LogP contribution >= 0.6 is 15.9 Å². The molecule has 0 spiro atoms. The van der Waals surface area contributed by atoms with Crippen molar-refractivity contribution in [3.8, 4) is 17.2 Å². The van der Waals surface area contributed by atoms with Gasteiger partial charge in [0, 0.05) is 27.7 Å². The van der Waals surface area contributed by atoms with Gasteiger partial charge in [0.15, 0.2) is 11.4 Å². The molecule has 0 saturated heterocycles. The minimum absolute atomic E-state index is 0.0413. The summed E-state index contributed by atoms with van der Waals surface area (Å²) < 4.78 is 18.3. The maximum atomic E-state index is 13.3. The maximum Gasteiger partial charge on any atom is 0.175 e. The Bertz CT molecular complexity index is 1030. The van der Waals surface area contributed by atoms with Crippen molar-refractivity contribution in [2.75, 3.05) is 14.2 Å². The number of hydrogen-bond acceptors (Lipinski definition) is 4. The fourth-order valence-electron chi connectivity index (χ4n) is 3.70. The van der Waals surface area contributed by atoms with Crippen LogP contribution in [0.4, 0.5) is 0 Å². The summed E-state index contributed by atoms with van der Waals surface area (Å²) in [4.78, 5) is 13.3. The first-order chi connectivity index (χ1) is 13.6. The topological polar surface area (TPSA) is 44.8 Å². The van der Waals surface area contributed by atoms with Crippen LogP contribution < -0.4 is 14.2 Å². The van der Waals surface area contributed by atoms with E-state index in [1.54, 1.807) is 19.2 Å². The van der Waals surface area contributed by atoms with Crippen molar-refractivity contribution in [1.82, 2.24) is 0 Å². The van der Waals surface area contributed by atoms with E-state index in [-0.39, 0.29) is 12.2 Å². The molecule has 1 heterocycles. The lowest BCUT2D eigenvalue weighted by molar-refractivity contribution is 0.0606. The van der Waals surface area contributed by atoms with Gasteiger partial charge in [-0.15, -0.1) is 0 Å². The number of rotatable bonds is 4. The van der Waals surface area contributed by atoms with E-state index in [9.17, 15) is 4.79 Å². The highest BCUT2D eigenvalue weighted by Gasteiger charge is 2.46. The van der Waals surface area contributed by atoms with Crippen LogP contribution in [0.5, 0.6) is 17.2 Å². The summed E-state index contributed by atoms with van der Waals surface area (Å²) in [7, 11) is 3.11. The van der Waals surface area contributed by atoms with Gasteiger partial charge in [-0.1, -0.05) is 64.5 Å². The van der Waals surface area contributed by atoms with Crippen LogP contribution in [0.1, 0.15) is 27.9 Å². The fourth-order valence-corrected chi connectivity index (χ4v) is 4.31. The third kappa shape index (κ3) is 2.96. The summed E-state index contributed by atoms with van der Waals surface area (Å²) in [6, 6.07) is 21.1.